The van der Waals surface area contributed by atoms with Crippen molar-refractivity contribution >= 4 is 26.5 Å². The lowest BCUT2D eigenvalue weighted by atomic mass is 9.67. The van der Waals surface area contributed by atoms with Crippen molar-refractivity contribution in [2.45, 2.75) is 44.7 Å². The van der Waals surface area contributed by atoms with Crippen LogP contribution in [0.2, 0.25) is 39.3 Å². The van der Waals surface area contributed by atoms with Crippen LogP contribution in [0.4, 0.5) is 0 Å². The molecule has 0 amide bonds. The normalized spacial score (nSPS) is 14.2. The summed E-state index contributed by atoms with van der Waals surface area (Å²) in [6, 6.07) is 51.6. The molecule has 0 atom stereocenters. The molecule has 0 unspecified atom stereocenters. The molecular weight excluding hydrogens is 723 g/mol. The van der Waals surface area contributed by atoms with E-state index in [0.29, 0.717) is 17.2 Å². The summed E-state index contributed by atoms with van der Waals surface area (Å²) >= 11 is 0. The van der Waals surface area contributed by atoms with E-state index in [0.717, 1.165) is 38.9 Å². The van der Waals surface area contributed by atoms with Crippen molar-refractivity contribution in [3.8, 4) is 56.4 Å². The number of nitrogens with zero attached hydrogens (tertiary/aromatic N) is 3. The Morgan fingerprint density at radius 1 is 0.421 bits per heavy atom. The van der Waals surface area contributed by atoms with Crippen LogP contribution in [0.25, 0.3) is 56.4 Å². The number of benzene rings is 7. The Morgan fingerprint density at radius 2 is 0.877 bits per heavy atom. The highest BCUT2D eigenvalue weighted by atomic mass is 28.3. The standard InChI is InChI=1S/C52H47N3Si2/c1-56(2,3)43-29-25-41(26-30-43)52(42-27-31-44(32-28-42)57(4,5)6)47-23-14-13-22-45(47)46-33-24-39(35-48(46)52)38-20-15-21-40(34-38)51-54-49(36-16-9-7-10-17-36)53-50(55-51)37-18-11-8-12-19-37/h7-35H,1-6H3/i15D,20D,21D,34D. The van der Waals surface area contributed by atoms with E-state index >= 15 is 0 Å². The van der Waals surface area contributed by atoms with Crippen molar-refractivity contribution in [2.75, 3.05) is 0 Å². The van der Waals surface area contributed by atoms with Crippen LogP contribution in [0.5, 0.6) is 0 Å². The van der Waals surface area contributed by atoms with Crippen molar-refractivity contribution in [3.05, 3.63) is 198 Å². The Hall–Kier alpha value is -6.02. The van der Waals surface area contributed by atoms with E-state index in [4.69, 9.17) is 15.0 Å². The van der Waals surface area contributed by atoms with Gasteiger partial charge in [0.05, 0.1) is 27.0 Å². The Bertz CT molecular complexity index is 2850. The maximum Gasteiger partial charge on any atom is 0.164 e. The van der Waals surface area contributed by atoms with Gasteiger partial charge in [-0.05, 0) is 56.6 Å². The van der Waals surface area contributed by atoms with E-state index in [1.165, 1.54) is 15.9 Å². The van der Waals surface area contributed by atoms with E-state index in [-0.39, 0.29) is 41.1 Å². The topological polar surface area (TPSA) is 38.7 Å². The van der Waals surface area contributed by atoms with Crippen molar-refractivity contribution in [1.82, 2.24) is 15.0 Å². The van der Waals surface area contributed by atoms with Crippen LogP contribution in [-0.2, 0) is 5.41 Å². The number of aromatic nitrogens is 3. The van der Waals surface area contributed by atoms with E-state index in [1.54, 1.807) is 0 Å². The van der Waals surface area contributed by atoms with Crippen LogP contribution in [0.3, 0.4) is 0 Å². The quantitative estimate of drug-likeness (QED) is 0.144. The summed E-state index contributed by atoms with van der Waals surface area (Å²) in [5, 5.41) is 2.77. The third kappa shape index (κ3) is 6.61. The fourth-order valence-corrected chi connectivity index (χ4v) is 10.5. The first-order valence-electron chi connectivity index (χ1n) is 21.6. The molecule has 278 valence electrons. The van der Waals surface area contributed by atoms with Crippen LogP contribution in [-0.4, -0.2) is 31.1 Å². The van der Waals surface area contributed by atoms with Crippen LogP contribution in [0, 0.1) is 0 Å². The second kappa shape index (κ2) is 14.2. The maximum atomic E-state index is 9.85. The minimum absolute atomic E-state index is 0.0738. The highest BCUT2D eigenvalue weighted by molar-refractivity contribution is 6.89. The molecule has 57 heavy (non-hydrogen) atoms. The summed E-state index contributed by atoms with van der Waals surface area (Å²) in [5.41, 5.74) is 8.52. The molecule has 0 bridgehead atoms. The van der Waals surface area contributed by atoms with Crippen LogP contribution in [0.1, 0.15) is 27.7 Å². The zero-order valence-electron chi connectivity index (χ0n) is 37.3. The molecule has 1 aliphatic carbocycles. The molecule has 0 saturated heterocycles. The van der Waals surface area contributed by atoms with Gasteiger partial charge >= 0.3 is 0 Å². The zero-order valence-corrected chi connectivity index (χ0v) is 35.3. The average molecular weight is 774 g/mol. The Morgan fingerprint density at radius 3 is 1.40 bits per heavy atom. The van der Waals surface area contributed by atoms with Gasteiger partial charge in [-0.15, -0.1) is 0 Å². The molecule has 9 rings (SSSR count). The second-order valence-electron chi connectivity index (χ2n) is 17.0. The second-order valence-corrected chi connectivity index (χ2v) is 27.2. The zero-order chi connectivity index (χ0) is 42.8. The lowest BCUT2D eigenvalue weighted by Crippen LogP contribution is -2.39. The predicted molar refractivity (Wildman–Crippen MR) is 245 cm³/mol. The molecule has 0 N–H and O–H groups in total. The molecule has 1 aliphatic rings. The molecule has 0 spiro atoms. The summed E-state index contributed by atoms with van der Waals surface area (Å²) in [6.07, 6.45) is 0. The molecule has 0 radical (unpaired) electrons. The van der Waals surface area contributed by atoms with Gasteiger partial charge in [0, 0.05) is 16.7 Å². The minimum atomic E-state index is -1.61. The fraction of sp³-hybridized carbons (Fsp3) is 0.135. The summed E-state index contributed by atoms with van der Waals surface area (Å²) in [4.78, 5) is 14.5. The Labute approximate surface area is 344 Å². The van der Waals surface area contributed by atoms with Gasteiger partial charge in [-0.1, -0.05) is 213 Å². The molecule has 0 saturated carbocycles. The van der Waals surface area contributed by atoms with Gasteiger partial charge in [-0.3, -0.25) is 0 Å². The first-order valence-corrected chi connectivity index (χ1v) is 26.6. The first-order chi connectivity index (χ1) is 29.2. The van der Waals surface area contributed by atoms with E-state index < -0.39 is 21.6 Å². The smallest absolute Gasteiger partial charge is 0.164 e. The number of rotatable bonds is 8. The summed E-state index contributed by atoms with van der Waals surface area (Å²) < 4.78 is 37.6. The monoisotopic (exact) mass is 773 g/mol. The molecule has 3 nitrogen and oxygen atoms in total. The lowest BCUT2D eigenvalue weighted by molar-refractivity contribution is 0.769. The third-order valence-electron chi connectivity index (χ3n) is 11.2. The van der Waals surface area contributed by atoms with E-state index in [1.807, 2.05) is 66.7 Å². The lowest BCUT2D eigenvalue weighted by Gasteiger charge is -2.35. The number of hydrogen-bond acceptors (Lipinski definition) is 3. The van der Waals surface area contributed by atoms with Gasteiger partial charge < -0.3 is 0 Å². The van der Waals surface area contributed by atoms with Crippen molar-refractivity contribution < 1.29 is 5.48 Å². The van der Waals surface area contributed by atoms with Crippen LogP contribution in [0.15, 0.2) is 176 Å². The first kappa shape index (κ1) is 32.1. The van der Waals surface area contributed by atoms with Crippen LogP contribution >= 0.6 is 0 Å². The molecule has 7 aromatic carbocycles. The van der Waals surface area contributed by atoms with Crippen molar-refractivity contribution in [1.29, 1.82) is 0 Å². The average Bonchev–Trinajstić information content (AvgIpc) is 3.56. The van der Waals surface area contributed by atoms with Crippen LogP contribution < -0.4 is 10.4 Å². The van der Waals surface area contributed by atoms with E-state index in [9.17, 15) is 5.48 Å². The van der Waals surface area contributed by atoms with Gasteiger partial charge in [-0.25, -0.2) is 15.0 Å². The van der Waals surface area contributed by atoms with Gasteiger partial charge in [0.15, 0.2) is 17.5 Å². The van der Waals surface area contributed by atoms with Gasteiger partial charge in [0.1, 0.15) is 0 Å². The van der Waals surface area contributed by atoms with Gasteiger partial charge in [0.25, 0.3) is 0 Å². The summed E-state index contributed by atoms with van der Waals surface area (Å²) in [5.74, 6) is 0.906. The number of hydrogen-bond donors (Lipinski definition) is 0. The fourth-order valence-electron chi connectivity index (χ4n) is 8.18. The molecular formula is C52H47N3Si2. The molecule has 5 heteroatoms. The Balaban J connectivity index is 1.31. The molecule has 1 aromatic heterocycles. The van der Waals surface area contributed by atoms with Crippen molar-refractivity contribution in [3.63, 3.8) is 0 Å². The molecule has 8 aromatic rings. The predicted octanol–water partition coefficient (Wildman–Crippen LogP) is 12.0. The highest BCUT2D eigenvalue weighted by Crippen LogP contribution is 2.56. The largest absolute Gasteiger partial charge is 0.208 e. The minimum Gasteiger partial charge on any atom is -0.208 e. The summed E-state index contributed by atoms with van der Waals surface area (Å²) in [7, 11) is -3.22. The van der Waals surface area contributed by atoms with E-state index in [2.05, 4.69) is 124 Å². The Kier molecular flexibility index (Phi) is 7.98. The molecule has 0 fully saturated rings. The molecule has 0 aliphatic heterocycles. The van der Waals surface area contributed by atoms with Gasteiger partial charge in [0.2, 0.25) is 0 Å². The molecule has 1 heterocycles. The van der Waals surface area contributed by atoms with Gasteiger partial charge in [-0.2, -0.15) is 0 Å². The summed E-state index contributed by atoms with van der Waals surface area (Å²) in [6.45, 7) is 14.2. The third-order valence-corrected chi connectivity index (χ3v) is 15.4. The number of fused-ring (bicyclic) bond motifs is 3. The van der Waals surface area contributed by atoms with Crippen molar-refractivity contribution in [2.24, 2.45) is 0 Å². The highest BCUT2D eigenvalue weighted by Gasteiger charge is 2.46. The SMILES string of the molecule is [2H]c1c([2H])c(-c2ccc3c(c2)C(c2ccc([Si](C)(C)C)cc2)(c2ccc([Si](C)(C)C)cc2)c2ccccc2-3)c([2H])c(-c2nc(-c3ccccc3)nc(-c3ccccc3)n2)c1[2H]. The maximum absolute atomic E-state index is 9.85.